The Balaban J connectivity index is 2.03. The Bertz CT molecular complexity index is 725. The van der Waals surface area contributed by atoms with Crippen LogP contribution in [0.25, 0.3) is 0 Å². The van der Waals surface area contributed by atoms with Crippen LogP contribution >= 0.6 is 11.8 Å². The number of nitrogens with zero attached hydrogens (tertiary/aromatic N) is 2. The number of hydrogen-bond donors (Lipinski definition) is 0. The van der Waals surface area contributed by atoms with Crippen LogP contribution in [0.1, 0.15) is 31.9 Å². The van der Waals surface area contributed by atoms with E-state index in [0.717, 1.165) is 29.6 Å². The number of rotatable bonds is 5. The molecule has 0 aliphatic rings. The molecule has 0 N–H and O–H groups in total. The third-order valence-electron chi connectivity index (χ3n) is 3.70. The molecule has 26 heavy (non-hydrogen) atoms. The van der Waals surface area contributed by atoms with Crippen LogP contribution in [0.5, 0.6) is 0 Å². The minimum Gasteiger partial charge on any atom is -0.333 e. The summed E-state index contributed by atoms with van der Waals surface area (Å²) in [5.74, 6) is 0.0238. The largest absolute Gasteiger partial charge is 0.417 e. The standard InChI is InChI=1S/C19H21F3N2OS/c1-18(2,3)24(12-14-7-5-4-6-8-14)17(25)13-26-16-10-9-15(11-23-16)19(20,21)22/h4-11H,12-13H2,1-3H3. The van der Waals surface area contributed by atoms with Crippen molar-refractivity contribution in [3.63, 3.8) is 0 Å². The van der Waals surface area contributed by atoms with E-state index in [2.05, 4.69) is 4.98 Å². The van der Waals surface area contributed by atoms with Crippen LogP contribution in [0, 0.1) is 0 Å². The second-order valence-electron chi connectivity index (χ2n) is 6.81. The van der Waals surface area contributed by atoms with Gasteiger partial charge >= 0.3 is 6.18 Å². The van der Waals surface area contributed by atoms with Crippen LogP contribution in [-0.4, -0.2) is 27.1 Å². The fourth-order valence-corrected chi connectivity index (χ4v) is 3.03. The second kappa shape index (κ2) is 8.12. The van der Waals surface area contributed by atoms with Crippen molar-refractivity contribution in [2.75, 3.05) is 5.75 Å². The van der Waals surface area contributed by atoms with Crippen molar-refractivity contribution in [3.05, 3.63) is 59.8 Å². The molecule has 0 unspecified atom stereocenters. The van der Waals surface area contributed by atoms with Crippen molar-refractivity contribution in [2.45, 2.75) is 44.1 Å². The first-order chi connectivity index (χ1) is 12.1. The lowest BCUT2D eigenvalue weighted by Crippen LogP contribution is -2.45. The summed E-state index contributed by atoms with van der Waals surface area (Å²) in [4.78, 5) is 18.2. The maximum absolute atomic E-state index is 12.7. The van der Waals surface area contributed by atoms with Crippen LogP contribution in [0.2, 0.25) is 0 Å². The summed E-state index contributed by atoms with van der Waals surface area (Å²) in [5, 5.41) is 0.389. The lowest BCUT2D eigenvalue weighted by molar-refractivity contribution is -0.138. The first kappa shape index (κ1) is 20.3. The zero-order chi connectivity index (χ0) is 19.4. The predicted octanol–water partition coefficient (Wildman–Crippen LogP) is 5.02. The van der Waals surface area contributed by atoms with Gasteiger partial charge in [-0.3, -0.25) is 4.79 Å². The molecule has 0 aliphatic carbocycles. The van der Waals surface area contributed by atoms with Crippen molar-refractivity contribution in [3.8, 4) is 0 Å². The number of hydrogen-bond acceptors (Lipinski definition) is 3. The Kier molecular flexibility index (Phi) is 6.34. The number of benzene rings is 1. The Morgan fingerprint density at radius 2 is 1.73 bits per heavy atom. The summed E-state index contributed by atoms with van der Waals surface area (Å²) >= 11 is 1.13. The normalized spacial score (nSPS) is 12.1. The number of amides is 1. The summed E-state index contributed by atoms with van der Waals surface area (Å²) in [7, 11) is 0. The molecule has 1 aromatic carbocycles. The highest BCUT2D eigenvalue weighted by Crippen LogP contribution is 2.29. The number of halogens is 3. The molecule has 0 radical (unpaired) electrons. The summed E-state index contributed by atoms with van der Waals surface area (Å²) in [6.07, 6.45) is -3.62. The molecule has 140 valence electrons. The number of aromatic nitrogens is 1. The third-order valence-corrected chi connectivity index (χ3v) is 4.63. The van der Waals surface area contributed by atoms with Gasteiger partial charge in [0, 0.05) is 18.3 Å². The highest BCUT2D eigenvalue weighted by Gasteiger charge is 2.31. The van der Waals surface area contributed by atoms with Gasteiger partial charge in [-0.15, -0.1) is 0 Å². The lowest BCUT2D eigenvalue weighted by Gasteiger charge is -2.36. The highest BCUT2D eigenvalue weighted by molar-refractivity contribution is 7.99. The van der Waals surface area contributed by atoms with Crippen molar-refractivity contribution in [1.82, 2.24) is 9.88 Å². The fourth-order valence-electron chi connectivity index (χ4n) is 2.31. The van der Waals surface area contributed by atoms with E-state index in [-0.39, 0.29) is 17.2 Å². The number of alkyl halides is 3. The molecule has 0 atom stereocenters. The predicted molar refractivity (Wildman–Crippen MR) is 96.7 cm³/mol. The van der Waals surface area contributed by atoms with Gasteiger partial charge in [0.05, 0.1) is 16.3 Å². The number of thioether (sulfide) groups is 1. The van der Waals surface area contributed by atoms with E-state index in [9.17, 15) is 18.0 Å². The van der Waals surface area contributed by atoms with Crippen molar-refractivity contribution >= 4 is 17.7 Å². The van der Waals surface area contributed by atoms with Gasteiger partial charge < -0.3 is 4.90 Å². The Morgan fingerprint density at radius 3 is 2.23 bits per heavy atom. The molecule has 0 saturated carbocycles. The molecule has 7 heteroatoms. The van der Waals surface area contributed by atoms with E-state index in [1.54, 1.807) is 4.90 Å². The molecule has 1 heterocycles. The monoisotopic (exact) mass is 382 g/mol. The molecule has 3 nitrogen and oxygen atoms in total. The first-order valence-corrected chi connectivity index (χ1v) is 9.06. The summed E-state index contributed by atoms with van der Waals surface area (Å²) in [6.45, 7) is 6.34. The van der Waals surface area contributed by atoms with E-state index in [1.165, 1.54) is 6.07 Å². The van der Waals surface area contributed by atoms with Gasteiger partial charge in [0.15, 0.2) is 0 Å². The summed E-state index contributed by atoms with van der Waals surface area (Å²) < 4.78 is 37.7. The second-order valence-corrected chi connectivity index (χ2v) is 7.80. The van der Waals surface area contributed by atoms with E-state index in [1.807, 2.05) is 51.1 Å². The minimum absolute atomic E-state index is 0.0898. The van der Waals surface area contributed by atoms with Crippen LogP contribution in [0.4, 0.5) is 13.2 Å². The highest BCUT2D eigenvalue weighted by atomic mass is 32.2. The van der Waals surface area contributed by atoms with E-state index >= 15 is 0 Å². The number of pyridine rings is 1. The zero-order valence-corrected chi connectivity index (χ0v) is 15.7. The summed E-state index contributed by atoms with van der Waals surface area (Å²) in [5.41, 5.74) is -0.150. The van der Waals surface area contributed by atoms with Crippen molar-refractivity contribution in [2.24, 2.45) is 0 Å². The van der Waals surface area contributed by atoms with Crippen LogP contribution in [0.15, 0.2) is 53.7 Å². The van der Waals surface area contributed by atoms with Gasteiger partial charge in [0.1, 0.15) is 0 Å². The maximum Gasteiger partial charge on any atom is 0.417 e. The molecule has 0 fully saturated rings. The lowest BCUT2D eigenvalue weighted by atomic mass is 10.0. The van der Waals surface area contributed by atoms with Crippen LogP contribution in [-0.2, 0) is 17.5 Å². The molecule has 0 bridgehead atoms. The third kappa shape index (κ3) is 5.76. The number of carbonyl (C=O) groups excluding carboxylic acids is 1. The van der Waals surface area contributed by atoms with E-state index in [4.69, 9.17) is 0 Å². The first-order valence-electron chi connectivity index (χ1n) is 8.08. The SMILES string of the molecule is CC(C)(C)N(Cc1ccccc1)C(=O)CSc1ccc(C(F)(F)F)cn1. The maximum atomic E-state index is 12.7. The molecule has 1 amide bonds. The Hall–Kier alpha value is -2.02. The topological polar surface area (TPSA) is 33.2 Å². The van der Waals surface area contributed by atoms with Gasteiger partial charge in [0.2, 0.25) is 5.91 Å². The molecule has 0 aliphatic heterocycles. The van der Waals surface area contributed by atoms with Gasteiger partial charge in [-0.2, -0.15) is 13.2 Å². The average Bonchev–Trinajstić information content (AvgIpc) is 2.57. The smallest absolute Gasteiger partial charge is 0.333 e. The molecule has 2 aromatic rings. The van der Waals surface area contributed by atoms with Crippen LogP contribution < -0.4 is 0 Å². The van der Waals surface area contributed by atoms with Crippen LogP contribution in [0.3, 0.4) is 0 Å². The van der Waals surface area contributed by atoms with Gasteiger partial charge in [0.25, 0.3) is 0 Å². The quantitative estimate of drug-likeness (QED) is 0.681. The van der Waals surface area contributed by atoms with Crippen molar-refractivity contribution < 1.29 is 18.0 Å². The molecule has 0 saturated heterocycles. The molecule has 0 spiro atoms. The van der Waals surface area contributed by atoms with Gasteiger partial charge in [-0.1, -0.05) is 42.1 Å². The van der Waals surface area contributed by atoms with Gasteiger partial charge in [-0.05, 0) is 38.5 Å². The van der Waals surface area contributed by atoms with E-state index in [0.29, 0.717) is 11.6 Å². The minimum atomic E-state index is -4.41. The zero-order valence-electron chi connectivity index (χ0n) is 14.9. The average molecular weight is 382 g/mol. The fraction of sp³-hybridized carbons (Fsp3) is 0.368. The Morgan fingerprint density at radius 1 is 1.08 bits per heavy atom. The van der Waals surface area contributed by atoms with E-state index < -0.39 is 11.7 Å². The van der Waals surface area contributed by atoms with Crippen molar-refractivity contribution in [1.29, 1.82) is 0 Å². The Labute approximate surface area is 155 Å². The number of carbonyl (C=O) groups is 1. The van der Waals surface area contributed by atoms with Gasteiger partial charge in [-0.25, -0.2) is 4.98 Å². The summed E-state index contributed by atoms with van der Waals surface area (Å²) in [6, 6.07) is 11.9. The molecule has 2 rings (SSSR count). The molecular weight excluding hydrogens is 361 g/mol. The molecule has 1 aromatic heterocycles. The molecular formula is C19H21F3N2OS.